The van der Waals surface area contributed by atoms with Gasteiger partial charge in [-0.25, -0.2) is 0 Å². The minimum absolute atomic E-state index is 0.0176. The normalized spacial score (nSPS) is 12.4. The average molecular weight is 298 g/mol. The first-order chi connectivity index (χ1) is 8.15. The van der Waals surface area contributed by atoms with Crippen LogP contribution in [0.15, 0.2) is 44.2 Å². The fourth-order valence-electron chi connectivity index (χ4n) is 1.54. The van der Waals surface area contributed by atoms with Gasteiger partial charge in [0.25, 0.3) is 5.91 Å². The molecule has 1 atom stereocenters. The van der Waals surface area contributed by atoms with Crippen LogP contribution < -0.4 is 5.32 Å². The van der Waals surface area contributed by atoms with Crippen LogP contribution in [-0.2, 0) is 6.42 Å². The fourth-order valence-corrected chi connectivity index (χ4v) is 1.85. The predicted molar refractivity (Wildman–Crippen MR) is 65.7 cm³/mol. The Labute approximate surface area is 107 Å². The monoisotopic (exact) mass is 297 g/mol. The lowest BCUT2D eigenvalue weighted by Gasteiger charge is -2.11. The zero-order chi connectivity index (χ0) is 12.3. The highest BCUT2D eigenvalue weighted by Crippen LogP contribution is 2.14. The van der Waals surface area contributed by atoms with Gasteiger partial charge in [0.05, 0.1) is 12.5 Å². The molecule has 2 rings (SSSR count). The highest BCUT2D eigenvalue weighted by Gasteiger charge is 2.13. The molecule has 0 aliphatic rings. The lowest BCUT2D eigenvalue weighted by Crippen LogP contribution is -2.33. The Balaban J connectivity index is 1.90. The van der Waals surface area contributed by atoms with Crippen molar-refractivity contribution in [1.82, 2.24) is 5.32 Å². The maximum atomic E-state index is 11.7. The van der Waals surface area contributed by atoms with E-state index in [1.165, 1.54) is 0 Å². The average Bonchev–Trinajstić information content (AvgIpc) is 2.89. The second-order valence-corrected chi connectivity index (χ2v) is 4.60. The van der Waals surface area contributed by atoms with Crippen LogP contribution in [0.2, 0.25) is 0 Å². The Kier molecular flexibility index (Phi) is 3.68. The summed E-state index contributed by atoms with van der Waals surface area (Å²) in [5.74, 6) is 0.0858. The molecule has 0 aromatic carbocycles. The van der Waals surface area contributed by atoms with E-state index >= 15 is 0 Å². The van der Waals surface area contributed by atoms with Gasteiger partial charge in [0, 0.05) is 6.04 Å². The van der Waals surface area contributed by atoms with Crippen molar-refractivity contribution in [2.75, 3.05) is 0 Å². The van der Waals surface area contributed by atoms with Gasteiger partial charge in [0.15, 0.2) is 10.4 Å². The van der Waals surface area contributed by atoms with Gasteiger partial charge in [-0.3, -0.25) is 4.79 Å². The molecular formula is C12H12BrNO3. The highest BCUT2D eigenvalue weighted by atomic mass is 79.9. The molecule has 4 nitrogen and oxygen atoms in total. The van der Waals surface area contributed by atoms with Crippen LogP contribution in [0.1, 0.15) is 23.0 Å². The molecule has 0 spiro atoms. The third kappa shape index (κ3) is 3.23. The first-order valence-electron chi connectivity index (χ1n) is 5.22. The number of rotatable bonds is 4. The molecule has 2 heterocycles. The van der Waals surface area contributed by atoms with Crippen LogP contribution in [0.4, 0.5) is 0 Å². The molecule has 1 amide bonds. The van der Waals surface area contributed by atoms with Crippen molar-refractivity contribution >= 4 is 21.8 Å². The quantitative estimate of drug-likeness (QED) is 0.944. The van der Waals surface area contributed by atoms with Crippen LogP contribution in [0.3, 0.4) is 0 Å². The Morgan fingerprint density at radius 1 is 1.47 bits per heavy atom. The summed E-state index contributed by atoms with van der Waals surface area (Å²) in [5, 5.41) is 2.85. The SMILES string of the molecule is C[C@H](Cc1ccoc1)NC(=O)c1ccc(Br)o1. The lowest BCUT2D eigenvalue weighted by atomic mass is 10.1. The van der Waals surface area contributed by atoms with E-state index in [0.29, 0.717) is 10.4 Å². The van der Waals surface area contributed by atoms with Crippen molar-refractivity contribution in [2.24, 2.45) is 0 Å². The Morgan fingerprint density at radius 2 is 2.29 bits per heavy atom. The molecule has 90 valence electrons. The molecule has 0 unspecified atom stereocenters. The molecule has 0 fully saturated rings. The number of hydrogen-bond acceptors (Lipinski definition) is 3. The molecule has 0 aliphatic carbocycles. The number of carbonyl (C=O) groups is 1. The molecule has 0 aliphatic heterocycles. The summed E-state index contributed by atoms with van der Waals surface area (Å²) >= 11 is 3.16. The summed E-state index contributed by atoms with van der Waals surface area (Å²) in [6, 6.07) is 5.22. The van der Waals surface area contributed by atoms with E-state index in [2.05, 4.69) is 21.2 Å². The maximum absolute atomic E-state index is 11.7. The maximum Gasteiger partial charge on any atom is 0.287 e. The van der Waals surface area contributed by atoms with Crippen LogP contribution in [0.5, 0.6) is 0 Å². The second kappa shape index (κ2) is 5.23. The van der Waals surface area contributed by atoms with Gasteiger partial charge >= 0.3 is 0 Å². The van der Waals surface area contributed by atoms with Crippen molar-refractivity contribution in [3.63, 3.8) is 0 Å². The summed E-state index contributed by atoms with van der Waals surface area (Å²) in [6.45, 7) is 1.93. The largest absolute Gasteiger partial charge is 0.472 e. The van der Waals surface area contributed by atoms with Gasteiger partial charge in [0.1, 0.15) is 0 Å². The van der Waals surface area contributed by atoms with E-state index in [4.69, 9.17) is 8.83 Å². The summed E-state index contributed by atoms with van der Waals surface area (Å²) in [6.07, 6.45) is 4.02. The molecule has 0 saturated heterocycles. The van der Waals surface area contributed by atoms with Gasteiger partial charge < -0.3 is 14.2 Å². The van der Waals surface area contributed by atoms with Gasteiger partial charge in [0.2, 0.25) is 0 Å². The van der Waals surface area contributed by atoms with E-state index in [0.717, 1.165) is 12.0 Å². The van der Waals surface area contributed by atoms with E-state index < -0.39 is 0 Å². The minimum Gasteiger partial charge on any atom is -0.472 e. The van der Waals surface area contributed by atoms with Crippen molar-refractivity contribution in [3.8, 4) is 0 Å². The molecule has 2 aromatic rings. The Morgan fingerprint density at radius 3 is 2.88 bits per heavy atom. The number of hydrogen-bond donors (Lipinski definition) is 1. The summed E-state index contributed by atoms with van der Waals surface area (Å²) < 4.78 is 10.7. The first kappa shape index (κ1) is 12.0. The van der Waals surface area contributed by atoms with E-state index in [9.17, 15) is 4.79 Å². The molecule has 17 heavy (non-hydrogen) atoms. The van der Waals surface area contributed by atoms with Crippen molar-refractivity contribution < 1.29 is 13.6 Å². The molecular weight excluding hydrogens is 286 g/mol. The van der Waals surface area contributed by atoms with Crippen LogP contribution in [0, 0.1) is 0 Å². The summed E-state index contributed by atoms with van der Waals surface area (Å²) in [5.41, 5.74) is 1.05. The van der Waals surface area contributed by atoms with Crippen molar-refractivity contribution in [1.29, 1.82) is 0 Å². The van der Waals surface area contributed by atoms with Crippen LogP contribution in [-0.4, -0.2) is 11.9 Å². The first-order valence-corrected chi connectivity index (χ1v) is 6.01. The third-order valence-corrected chi connectivity index (χ3v) is 2.72. The van der Waals surface area contributed by atoms with Crippen molar-refractivity contribution in [3.05, 3.63) is 46.7 Å². The zero-order valence-electron chi connectivity index (χ0n) is 9.27. The number of furan rings is 2. The van der Waals surface area contributed by atoms with E-state index in [1.54, 1.807) is 24.7 Å². The zero-order valence-corrected chi connectivity index (χ0v) is 10.9. The lowest BCUT2D eigenvalue weighted by molar-refractivity contribution is 0.0911. The van der Waals surface area contributed by atoms with Gasteiger partial charge in [-0.15, -0.1) is 0 Å². The molecule has 0 bridgehead atoms. The third-order valence-electron chi connectivity index (χ3n) is 2.30. The molecule has 0 radical (unpaired) electrons. The van der Waals surface area contributed by atoms with Gasteiger partial charge in [-0.1, -0.05) is 0 Å². The number of carbonyl (C=O) groups excluding carboxylic acids is 1. The van der Waals surface area contributed by atoms with E-state index in [-0.39, 0.29) is 11.9 Å². The number of nitrogens with one attached hydrogen (secondary N) is 1. The second-order valence-electron chi connectivity index (χ2n) is 3.81. The molecule has 5 heteroatoms. The molecule has 1 N–H and O–H groups in total. The van der Waals surface area contributed by atoms with E-state index in [1.807, 2.05) is 13.0 Å². The standard InChI is InChI=1S/C12H12BrNO3/c1-8(6-9-4-5-16-7-9)14-12(15)10-2-3-11(13)17-10/h2-5,7-8H,6H2,1H3,(H,14,15)/t8-/m1/s1. The molecule has 2 aromatic heterocycles. The number of amides is 1. The summed E-state index contributed by atoms with van der Waals surface area (Å²) in [7, 11) is 0. The Hall–Kier alpha value is -1.49. The molecule has 0 saturated carbocycles. The smallest absolute Gasteiger partial charge is 0.287 e. The fraction of sp³-hybridized carbons (Fsp3) is 0.250. The predicted octanol–water partition coefficient (Wildman–Crippen LogP) is 3.00. The Bertz CT molecular complexity index is 490. The topological polar surface area (TPSA) is 55.4 Å². The highest BCUT2D eigenvalue weighted by molar-refractivity contribution is 9.10. The summed E-state index contributed by atoms with van der Waals surface area (Å²) in [4.78, 5) is 11.7. The van der Waals surface area contributed by atoms with Crippen LogP contribution >= 0.6 is 15.9 Å². The van der Waals surface area contributed by atoms with Crippen molar-refractivity contribution in [2.45, 2.75) is 19.4 Å². The van der Waals surface area contributed by atoms with Gasteiger partial charge in [-0.2, -0.15) is 0 Å². The minimum atomic E-state index is -0.216. The number of halogens is 1. The van der Waals surface area contributed by atoms with Gasteiger partial charge in [-0.05, 0) is 53.0 Å². The van der Waals surface area contributed by atoms with Crippen LogP contribution in [0.25, 0.3) is 0 Å².